The second-order valence-corrected chi connectivity index (χ2v) is 4.13. The number of rotatable bonds is 2. The van der Waals surface area contributed by atoms with Crippen LogP contribution in [0.15, 0.2) is 12.3 Å². The molecule has 17 heavy (non-hydrogen) atoms. The molecule has 0 atom stereocenters. The van der Waals surface area contributed by atoms with Crippen LogP contribution in [0.4, 0.5) is 11.5 Å². The van der Waals surface area contributed by atoms with E-state index in [-0.39, 0.29) is 0 Å². The Balaban J connectivity index is 2.06. The summed E-state index contributed by atoms with van der Waals surface area (Å²) in [6.07, 6.45) is 1.59. The van der Waals surface area contributed by atoms with E-state index in [2.05, 4.69) is 27.4 Å². The Morgan fingerprint density at radius 1 is 1.41 bits per heavy atom. The number of hydrogen-bond acceptors (Lipinski definition) is 6. The Labute approximate surface area is 101 Å². The van der Waals surface area contributed by atoms with E-state index >= 15 is 0 Å². The van der Waals surface area contributed by atoms with E-state index < -0.39 is 0 Å². The molecule has 0 amide bonds. The summed E-state index contributed by atoms with van der Waals surface area (Å²) >= 11 is 0. The summed E-state index contributed by atoms with van der Waals surface area (Å²) in [6, 6.07) is 3.66. The van der Waals surface area contributed by atoms with Crippen LogP contribution in [-0.4, -0.2) is 48.1 Å². The van der Waals surface area contributed by atoms with Gasteiger partial charge in [0.05, 0.1) is 11.3 Å². The summed E-state index contributed by atoms with van der Waals surface area (Å²) in [6.45, 7) is 3.83. The van der Waals surface area contributed by atoms with Gasteiger partial charge in [-0.05, 0) is 13.1 Å². The zero-order chi connectivity index (χ0) is 12.3. The molecule has 0 radical (unpaired) electrons. The van der Waals surface area contributed by atoms with Crippen LogP contribution >= 0.6 is 0 Å². The number of nitriles is 1. The highest BCUT2D eigenvalue weighted by atomic mass is 15.5. The van der Waals surface area contributed by atoms with E-state index in [4.69, 9.17) is 11.0 Å². The van der Waals surface area contributed by atoms with Crippen LogP contribution in [0.25, 0.3) is 0 Å². The Morgan fingerprint density at radius 2 is 2.12 bits per heavy atom. The Kier molecular flexibility index (Phi) is 3.42. The lowest BCUT2D eigenvalue weighted by Crippen LogP contribution is -2.47. The van der Waals surface area contributed by atoms with Gasteiger partial charge in [0.1, 0.15) is 6.07 Å². The number of nitrogens with two attached hydrogens (primary N) is 1. The van der Waals surface area contributed by atoms with Gasteiger partial charge in [0.15, 0.2) is 5.82 Å². The topological polar surface area (TPSA) is 81.2 Å². The quantitative estimate of drug-likeness (QED) is 0.753. The molecule has 6 heteroatoms. The average Bonchev–Trinajstić information content (AvgIpc) is 2.35. The van der Waals surface area contributed by atoms with Gasteiger partial charge in [-0.3, -0.25) is 0 Å². The van der Waals surface area contributed by atoms with Gasteiger partial charge in [-0.2, -0.15) is 5.26 Å². The normalized spacial score (nSPS) is 17.6. The van der Waals surface area contributed by atoms with Crippen molar-refractivity contribution < 1.29 is 0 Å². The molecule has 0 saturated carbocycles. The van der Waals surface area contributed by atoms with Crippen LogP contribution in [0.5, 0.6) is 0 Å². The molecule has 6 nitrogen and oxygen atoms in total. The SMILES string of the molecule is CN1CCN(Nc2nccc(C#N)c2N)CC1. The van der Waals surface area contributed by atoms with Crippen LogP contribution < -0.4 is 11.2 Å². The first-order valence-electron chi connectivity index (χ1n) is 5.55. The maximum Gasteiger partial charge on any atom is 0.165 e. The molecule has 1 aromatic rings. The van der Waals surface area contributed by atoms with Gasteiger partial charge in [-0.25, -0.2) is 9.99 Å². The second kappa shape index (κ2) is 4.99. The van der Waals surface area contributed by atoms with Gasteiger partial charge < -0.3 is 16.1 Å². The highest BCUT2D eigenvalue weighted by molar-refractivity contribution is 5.68. The van der Waals surface area contributed by atoms with Crippen molar-refractivity contribution >= 4 is 11.5 Å². The Hall–Kier alpha value is -1.84. The largest absolute Gasteiger partial charge is 0.395 e. The molecule has 0 unspecified atom stereocenters. The fraction of sp³-hybridized carbons (Fsp3) is 0.455. The summed E-state index contributed by atoms with van der Waals surface area (Å²) in [7, 11) is 2.10. The minimum atomic E-state index is 0.411. The van der Waals surface area contributed by atoms with Gasteiger partial charge in [-0.15, -0.1) is 0 Å². The van der Waals surface area contributed by atoms with E-state index in [0.29, 0.717) is 17.1 Å². The smallest absolute Gasteiger partial charge is 0.165 e. The highest BCUT2D eigenvalue weighted by Crippen LogP contribution is 2.19. The van der Waals surface area contributed by atoms with Crippen LogP contribution in [0.1, 0.15) is 5.56 Å². The predicted octanol–water partition coefficient (Wildman–Crippen LogP) is 0.110. The molecule has 3 N–H and O–H groups in total. The number of nitrogen functional groups attached to an aromatic ring is 1. The maximum absolute atomic E-state index is 8.88. The first-order valence-corrected chi connectivity index (χ1v) is 5.55. The van der Waals surface area contributed by atoms with E-state index in [1.54, 1.807) is 12.3 Å². The Morgan fingerprint density at radius 3 is 2.76 bits per heavy atom. The number of aromatic nitrogens is 1. The van der Waals surface area contributed by atoms with Gasteiger partial charge >= 0.3 is 0 Å². The van der Waals surface area contributed by atoms with E-state index in [1.807, 2.05) is 6.07 Å². The molecule has 1 aromatic heterocycles. The highest BCUT2D eigenvalue weighted by Gasteiger charge is 2.15. The molecule has 0 spiro atoms. The van der Waals surface area contributed by atoms with E-state index in [0.717, 1.165) is 26.2 Å². The molecule has 1 aliphatic rings. The van der Waals surface area contributed by atoms with Crippen molar-refractivity contribution in [3.63, 3.8) is 0 Å². The van der Waals surface area contributed by atoms with E-state index in [1.165, 1.54) is 0 Å². The molecular weight excluding hydrogens is 216 g/mol. The lowest BCUT2D eigenvalue weighted by atomic mass is 10.2. The number of pyridine rings is 1. The van der Waals surface area contributed by atoms with Crippen molar-refractivity contribution in [1.29, 1.82) is 5.26 Å². The van der Waals surface area contributed by atoms with Crippen molar-refractivity contribution in [3.8, 4) is 6.07 Å². The zero-order valence-corrected chi connectivity index (χ0v) is 9.85. The first-order chi connectivity index (χ1) is 8.20. The fourth-order valence-electron chi connectivity index (χ4n) is 1.73. The van der Waals surface area contributed by atoms with Crippen LogP contribution in [0.2, 0.25) is 0 Å². The van der Waals surface area contributed by atoms with Crippen LogP contribution in [0.3, 0.4) is 0 Å². The van der Waals surface area contributed by atoms with Crippen molar-refractivity contribution in [2.24, 2.45) is 0 Å². The third kappa shape index (κ3) is 2.64. The van der Waals surface area contributed by atoms with Crippen molar-refractivity contribution in [3.05, 3.63) is 17.8 Å². The molecule has 90 valence electrons. The summed E-state index contributed by atoms with van der Waals surface area (Å²) in [5, 5.41) is 10.9. The third-order valence-corrected chi connectivity index (χ3v) is 2.88. The number of nitrogens with one attached hydrogen (secondary N) is 1. The van der Waals surface area contributed by atoms with Crippen LogP contribution in [-0.2, 0) is 0 Å². The lowest BCUT2D eigenvalue weighted by Gasteiger charge is -2.32. The second-order valence-electron chi connectivity index (χ2n) is 4.13. The predicted molar refractivity (Wildman–Crippen MR) is 66.1 cm³/mol. The first kappa shape index (κ1) is 11.6. The number of hydrogen-bond donors (Lipinski definition) is 2. The minimum Gasteiger partial charge on any atom is -0.395 e. The van der Waals surface area contributed by atoms with Crippen molar-refractivity contribution in [1.82, 2.24) is 14.9 Å². The third-order valence-electron chi connectivity index (χ3n) is 2.88. The number of anilines is 2. The summed E-state index contributed by atoms with van der Waals surface area (Å²) < 4.78 is 0. The maximum atomic E-state index is 8.88. The van der Waals surface area contributed by atoms with Gasteiger partial charge in [0.25, 0.3) is 0 Å². The summed E-state index contributed by atoms with van der Waals surface area (Å²) in [5.41, 5.74) is 9.88. The van der Waals surface area contributed by atoms with Crippen molar-refractivity contribution in [2.45, 2.75) is 0 Å². The average molecular weight is 232 g/mol. The monoisotopic (exact) mass is 232 g/mol. The fourth-order valence-corrected chi connectivity index (χ4v) is 1.73. The Bertz CT molecular complexity index is 430. The molecular formula is C11H16N6. The standard InChI is InChI=1S/C11H16N6/c1-16-4-6-17(7-5-16)15-11-10(13)9(8-12)2-3-14-11/h2-3H,4-7,13H2,1H3,(H,14,15). The minimum absolute atomic E-state index is 0.411. The lowest BCUT2D eigenvalue weighted by molar-refractivity contribution is 0.178. The molecule has 0 bridgehead atoms. The van der Waals surface area contributed by atoms with Gasteiger partial charge in [-0.1, -0.05) is 0 Å². The van der Waals surface area contributed by atoms with E-state index in [9.17, 15) is 0 Å². The summed E-state index contributed by atoms with van der Waals surface area (Å²) in [4.78, 5) is 6.42. The molecule has 2 heterocycles. The molecule has 0 aromatic carbocycles. The van der Waals surface area contributed by atoms with Crippen molar-refractivity contribution in [2.75, 3.05) is 44.4 Å². The molecule has 2 rings (SSSR count). The molecule has 0 aliphatic carbocycles. The molecule has 1 fully saturated rings. The van der Waals surface area contributed by atoms with Gasteiger partial charge in [0, 0.05) is 32.4 Å². The van der Waals surface area contributed by atoms with Gasteiger partial charge in [0.2, 0.25) is 0 Å². The number of hydrazine groups is 1. The number of likely N-dealkylation sites (N-methyl/N-ethyl adjacent to an activating group) is 1. The molecule has 1 saturated heterocycles. The molecule has 1 aliphatic heterocycles. The van der Waals surface area contributed by atoms with Crippen LogP contribution in [0, 0.1) is 11.3 Å². The number of nitrogens with zero attached hydrogens (tertiary/aromatic N) is 4. The number of piperazine rings is 1. The zero-order valence-electron chi connectivity index (χ0n) is 9.85. The summed E-state index contributed by atoms with van der Waals surface area (Å²) in [5.74, 6) is 0.564.